The highest BCUT2D eigenvalue weighted by molar-refractivity contribution is 14.0. The molecular formula is C17H29FIN3O3S. The second-order valence-electron chi connectivity index (χ2n) is 6.73. The van der Waals surface area contributed by atoms with Crippen LogP contribution in [0.25, 0.3) is 0 Å². The molecule has 26 heavy (non-hydrogen) atoms. The van der Waals surface area contributed by atoms with Gasteiger partial charge in [-0.25, -0.2) is 12.8 Å². The van der Waals surface area contributed by atoms with E-state index in [2.05, 4.69) is 10.3 Å². The van der Waals surface area contributed by atoms with Crippen molar-refractivity contribution in [2.45, 2.75) is 32.1 Å². The molecule has 0 aliphatic rings. The molecule has 0 aromatic heterocycles. The zero-order chi connectivity index (χ0) is 19.3. The van der Waals surface area contributed by atoms with E-state index in [4.69, 9.17) is 4.74 Å². The third-order valence-corrected chi connectivity index (χ3v) is 6.40. The van der Waals surface area contributed by atoms with Crippen LogP contribution in [-0.4, -0.2) is 57.5 Å². The molecule has 0 heterocycles. The van der Waals surface area contributed by atoms with Crippen molar-refractivity contribution >= 4 is 39.8 Å². The zero-order valence-corrected chi connectivity index (χ0v) is 19.3. The van der Waals surface area contributed by atoms with Gasteiger partial charge in [0.2, 0.25) is 0 Å². The van der Waals surface area contributed by atoms with Gasteiger partial charge in [0.25, 0.3) is 0 Å². The summed E-state index contributed by atoms with van der Waals surface area (Å²) in [6, 6.07) is 4.76. The molecule has 1 aromatic carbocycles. The Morgan fingerprint density at radius 1 is 1.35 bits per heavy atom. The number of methoxy groups -OCH3 is 1. The molecular weight excluding hydrogens is 472 g/mol. The maximum atomic E-state index is 13.8. The topological polar surface area (TPSA) is 71.0 Å². The molecule has 0 aliphatic heterocycles. The van der Waals surface area contributed by atoms with Crippen LogP contribution < -0.4 is 10.1 Å². The monoisotopic (exact) mass is 501 g/mol. The number of aliphatic imine (C=N–C) groups is 1. The van der Waals surface area contributed by atoms with Crippen molar-refractivity contribution in [3.8, 4) is 5.75 Å². The smallest absolute Gasteiger partial charge is 0.193 e. The first-order chi connectivity index (χ1) is 11.5. The Balaban J connectivity index is 0.00000625. The Morgan fingerprint density at radius 3 is 2.42 bits per heavy atom. The predicted octanol–water partition coefficient (Wildman–Crippen LogP) is 2.67. The molecule has 0 aliphatic carbocycles. The van der Waals surface area contributed by atoms with Crippen LogP contribution in [0.2, 0.25) is 0 Å². The molecule has 150 valence electrons. The molecule has 0 bridgehead atoms. The Kier molecular flexibility index (Phi) is 9.85. The number of guanidine groups is 1. The van der Waals surface area contributed by atoms with Gasteiger partial charge >= 0.3 is 0 Å². The van der Waals surface area contributed by atoms with E-state index < -0.39 is 20.4 Å². The van der Waals surface area contributed by atoms with Crippen LogP contribution in [0.5, 0.6) is 5.75 Å². The van der Waals surface area contributed by atoms with Gasteiger partial charge in [-0.3, -0.25) is 4.99 Å². The summed E-state index contributed by atoms with van der Waals surface area (Å²) in [7, 11) is 1.64. The number of nitrogens with one attached hydrogen (secondary N) is 1. The molecule has 6 nitrogen and oxygen atoms in total. The van der Waals surface area contributed by atoms with Crippen LogP contribution in [0.3, 0.4) is 0 Å². The fourth-order valence-electron chi connectivity index (χ4n) is 2.15. The molecule has 0 amide bonds. The Labute approximate surface area is 173 Å². The van der Waals surface area contributed by atoms with Crippen LogP contribution >= 0.6 is 24.0 Å². The number of ether oxygens (including phenoxy) is 1. The minimum Gasteiger partial charge on any atom is -0.494 e. The lowest BCUT2D eigenvalue weighted by molar-refractivity contribution is 0.385. The maximum Gasteiger partial charge on any atom is 0.193 e. The predicted molar refractivity (Wildman–Crippen MR) is 115 cm³/mol. The van der Waals surface area contributed by atoms with E-state index in [9.17, 15) is 12.8 Å². The summed E-state index contributed by atoms with van der Waals surface area (Å²) in [5.41, 5.74) is 0.756. The summed E-state index contributed by atoms with van der Waals surface area (Å²) < 4.78 is 42.2. The van der Waals surface area contributed by atoms with Gasteiger partial charge in [-0.2, -0.15) is 0 Å². The lowest BCUT2D eigenvalue weighted by Crippen LogP contribution is -2.42. The molecule has 0 saturated carbocycles. The van der Waals surface area contributed by atoms with E-state index in [1.807, 2.05) is 0 Å². The SMILES string of the molecule is CN=C(NCCS(=O)(=O)C(C)(C)C)N(C)Cc1ccc(OC)c(F)c1.I. The van der Waals surface area contributed by atoms with Gasteiger partial charge in [0.1, 0.15) is 0 Å². The molecule has 0 unspecified atom stereocenters. The Bertz CT molecular complexity index is 718. The van der Waals surface area contributed by atoms with Crippen LogP contribution in [0.4, 0.5) is 4.39 Å². The van der Waals surface area contributed by atoms with Crippen LogP contribution in [0.1, 0.15) is 26.3 Å². The quantitative estimate of drug-likeness (QED) is 0.369. The van der Waals surface area contributed by atoms with Crippen molar-refractivity contribution in [3.63, 3.8) is 0 Å². The van der Waals surface area contributed by atoms with Crippen molar-refractivity contribution in [2.24, 2.45) is 4.99 Å². The second-order valence-corrected chi connectivity index (χ2v) is 9.59. The first kappa shape index (κ1) is 24.9. The number of sulfone groups is 1. The van der Waals surface area contributed by atoms with E-state index in [1.54, 1.807) is 51.9 Å². The van der Waals surface area contributed by atoms with Crippen molar-refractivity contribution in [3.05, 3.63) is 29.6 Å². The van der Waals surface area contributed by atoms with E-state index in [0.29, 0.717) is 12.5 Å². The lowest BCUT2D eigenvalue weighted by atomic mass is 10.2. The lowest BCUT2D eigenvalue weighted by Gasteiger charge is -2.24. The van der Waals surface area contributed by atoms with Gasteiger partial charge in [-0.1, -0.05) is 6.07 Å². The summed E-state index contributed by atoms with van der Waals surface area (Å²) in [6.07, 6.45) is 0. The first-order valence-electron chi connectivity index (χ1n) is 7.98. The molecule has 0 spiro atoms. The summed E-state index contributed by atoms with van der Waals surface area (Å²) in [5.74, 6) is 0.329. The van der Waals surface area contributed by atoms with E-state index >= 15 is 0 Å². The van der Waals surface area contributed by atoms with Crippen LogP contribution in [0, 0.1) is 5.82 Å². The van der Waals surface area contributed by atoms with Crippen molar-refractivity contribution < 1.29 is 17.5 Å². The number of rotatable bonds is 6. The molecule has 0 fully saturated rings. The normalized spacial score (nSPS) is 12.3. The minimum absolute atomic E-state index is 0. The number of hydrogen-bond donors (Lipinski definition) is 1. The average Bonchev–Trinajstić information content (AvgIpc) is 2.50. The van der Waals surface area contributed by atoms with Crippen molar-refractivity contribution in [1.82, 2.24) is 10.2 Å². The van der Waals surface area contributed by atoms with E-state index in [-0.39, 0.29) is 42.0 Å². The molecule has 1 rings (SSSR count). The Morgan fingerprint density at radius 2 is 1.96 bits per heavy atom. The molecule has 0 radical (unpaired) electrons. The molecule has 9 heteroatoms. The Hall–Kier alpha value is -1.10. The average molecular weight is 501 g/mol. The standard InChI is InChI=1S/C17H28FN3O3S.HI/c1-17(2,3)25(22,23)10-9-20-16(19-4)21(5)12-13-7-8-15(24-6)14(18)11-13;/h7-8,11H,9-10,12H2,1-6H3,(H,19,20);1H. The highest BCUT2D eigenvalue weighted by Crippen LogP contribution is 2.18. The second kappa shape index (κ2) is 10.3. The highest BCUT2D eigenvalue weighted by atomic mass is 127. The zero-order valence-electron chi connectivity index (χ0n) is 16.2. The summed E-state index contributed by atoms with van der Waals surface area (Å²) >= 11 is 0. The number of hydrogen-bond acceptors (Lipinski definition) is 4. The maximum absolute atomic E-state index is 13.8. The van der Waals surface area contributed by atoms with Crippen molar-refractivity contribution in [1.29, 1.82) is 0 Å². The third kappa shape index (κ3) is 6.90. The molecule has 1 N–H and O–H groups in total. The summed E-state index contributed by atoms with van der Waals surface area (Å²) in [6.45, 7) is 5.73. The van der Waals surface area contributed by atoms with E-state index in [1.165, 1.54) is 13.2 Å². The first-order valence-corrected chi connectivity index (χ1v) is 9.63. The fraction of sp³-hybridized carbons (Fsp3) is 0.588. The minimum atomic E-state index is -3.20. The van der Waals surface area contributed by atoms with Gasteiger partial charge in [-0.05, 0) is 38.5 Å². The summed E-state index contributed by atoms with van der Waals surface area (Å²) in [5, 5.41) is 3.03. The highest BCUT2D eigenvalue weighted by Gasteiger charge is 2.28. The number of halogens is 2. The van der Waals surface area contributed by atoms with Crippen LogP contribution in [0.15, 0.2) is 23.2 Å². The molecule has 0 saturated heterocycles. The van der Waals surface area contributed by atoms with E-state index in [0.717, 1.165) is 5.56 Å². The van der Waals surface area contributed by atoms with Gasteiger partial charge in [0.05, 0.1) is 17.6 Å². The van der Waals surface area contributed by atoms with Crippen molar-refractivity contribution in [2.75, 3.05) is 33.5 Å². The number of nitrogens with zero attached hydrogens (tertiary/aromatic N) is 2. The van der Waals surface area contributed by atoms with Gasteiger partial charge in [0, 0.05) is 27.2 Å². The van der Waals surface area contributed by atoms with Gasteiger partial charge < -0.3 is 15.0 Å². The summed E-state index contributed by atoms with van der Waals surface area (Å²) in [4.78, 5) is 5.94. The van der Waals surface area contributed by atoms with Crippen LogP contribution in [-0.2, 0) is 16.4 Å². The fourth-order valence-corrected chi connectivity index (χ4v) is 3.13. The van der Waals surface area contributed by atoms with Gasteiger partial charge in [-0.15, -0.1) is 24.0 Å². The molecule has 1 aromatic rings. The third-order valence-electron chi connectivity index (χ3n) is 3.80. The number of benzene rings is 1. The van der Waals surface area contributed by atoms with Gasteiger partial charge in [0.15, 0.2) is 27.4 Å². The largest absolute Gasteiger partial charge is 0.494 e. The molecule has 0 atom stereocenters.